The highest BCUT2D eigenvalue weighted by Crippen LogP contribution is 2.20. The number of aryl methyl sites for hydroxylation is 1. The van der Waals surface area contributed by atoms with Gasteiger partial charge in [-0.05, 0) is 96.7 Å². The van der Waals surface area contributed by atoms with Crippen molar-refractivity contribution >= 4 is 23.4 Å². The van der Waals surface area contributed by atoms with Crippen LogP contribution in [-0.2, 0) is 26.1 Å². The van der Waals surface area contributed by atoms with E-state index in [0.717, 1.165) is 95.5 Å². The van der Waals surface area contributed by atoms with E-state index in [2.05, 4.69) is 48.3 Å². The zero-order chi connectivity index (χ0) is 44.4. The predicted molar refractivity (Wildman–Crippen MR) is 262 cm³/mol. The Kier molecular flexibility index (Phi) is 38.8. The number of ether oxygens (including phenoxy) is 2. The van der Waals surface area contributed by atoms with E-state index in [1.54, 1.807) is 0 Å². The van der Waals surface area contributed by atoms with E-state index in [0.29, 0.717) is 12.8 Å². The number of rotatable bonds is 46. The molecule has 0 aliphatic heterocycles. The Morgan fingerprint density at radius 2 is 0.951 bits per heavy atom. The lowest BCUT2D eigenvalue weighted by Crippen LogP contribution is -2.28. The second kappa shape index (κ2) is 41.7. The van der Waals surface area contributed by atoms with Crippen molar-refractivity contribution in [2.45, 2.75) is 265 Å². The largest absolute Gasteiger partial charge is 0.462 e. The number of carbonyl (C=O) groups excluding carboxylic acids is 2. The number of carbonyl (C=O) groups is 2. The molecule has 1 unspecified atom stereocenters. The first kappa shape index (κ1) is 56.7. The van der Waals surface area contributed by atoms with Crippen LogP contribution in [0.5, 0.6) is 0 Å². The number of esters is 2. The van der Waals surface area contributed by atoms with Crippen molar-refractivity contribution in [2.75, 3.05) is 43.9 Å². The van der Waals surface area contributed by atoms with E-state index >= 15 is 0 Å². The number of unbranched alkanes of at least 4 members (excludes halogenated alkanes) is 23. The summed E-state index contributed by atoms with van der Waals surface area (Å²) in [6.45, 7) is 13.2. The van der Waals surface area contributed by atoms with E-state index < -0.39 is 0 Å². The van der Waals surface area contributed by atoms with Crippen LogP contribution in [-0.4, -0.2) is 72.1 Å². The molecule has 0 radical (unpaired) electrons. The third kappa shape index (κ3) is 33.9. The molecule has 0 aliphatic carbocycles. The van der Waals surface area contributed by atoms with Gasteiger partial charge in [0.15, 0.2) is 5.82 Å². The fourth-order valence-corrected chi connectivity index (χ4v) is 8.49. The molecule has 9 heteroatoms. The topological polar surface area (TPSA) is 97.7 Å². The zero-order valence-electron chi connectivity index (χ0n) is 41.3. The molecule has 1 rings (SSSR count). The molecule has 358 valence electrons. The van der Waals surface area contributed by atoms with Gasteiger partial charge in [-0.1, -0.05) is 163 Å². The van der Waals surface area contributed by atoms with Crippen LogP contribution in [0.4, 0.5) is 11.5 Å². The van der Waals surface area contributed by atoms with Crippen LogP contribution >= 0.6 is 0 Å². The predicted octanol–water partition coefficient (Wildman–Crippen LogP) is 14.7. The molecule has 0 fully saturated rings. The van der Waals surface area contributed by atoms with Crippen LogP contribution in [0.1, 0.15) is 252 Å². The van der Waals surface area contributed by atoms with E-state index in [4.69, 9.17) is 9.47 Å². The highest BCUT2D eigenvalue weighted by atomic mass is 16.5. The normalized spacial score (nSPS) is 12.1. The van der Waals surface area contributed by atoms with Gasteiger partial charge < -0.3 is 25.0 Å². The summed E-state index contributed by atoms with van der Waals surface area (Å²) in [5, 5.41) is 11.2. The number of anilines is 2. The smallest absolute Gasteiger partial charge is 0.306 e. The van der Waals surface area contributed by atoms with Gasteiger partial charge >= 0.3 is 11.9 Å². The van der Waals surface area contributed by atoms with Gasteiger partial charge in [0, 0.05) is 33.5 Å². The molecule has 1 aromatic rings. The van der Waals surface area contributed by atoms with E-state index in [1.807, 2.05) is 25.0 Å². The van der Waals surface area contributed by atoms with Crippen molar-refractivity contribution in [1.82, 2.24) is 14.7 Å². The maximum absolute atomic E-state index is 12.9. The molecule has 0 aromatic carbocycles. The summed E-state index contributed by atoms with van der Waals surface area (Å²) in [6, 6.07) is 0. The van der Waals surface area contributed by atoms with Crippen LogP contribution < -0.4 is 10.6 Å². The summed E-state index contributed by atoms with van der Waals surface area (Å²) in [5.41, 5.74) is 1.05. The third-order valence-corrected chi connectivity index (χ3v) is 12.4. The Bertz CT molecular complexity index is 1110. The van der Waals surface area contributed by atoms with Gasteiger partial charge in [-0.25, -0.2) is 0 Å². The highest BCUT2D eigenvalue weighted by Gasteiger charge is 2.15. The van der Waals surface area contributed by atoms with Gasteiger partial charge in [0.2, 0.25) is 0 Å². The van der Waals surface area contributed by atoms with Crippen molar-refractivity contribution < 1.29 is 19.1 Å². The molecule has 0 aliphatic rings. The molecule has 0 spiro atoms. The monoisotopic (exact) mass is 860 g/mol. The lowest BCUT2D eigenvalue weighted by atomic mass is 10.0. The minimum Gasteiger partial charge on any atom is -0.462 e. The van der Waals surface area contributed by atoms with Crippen molar-refractivity contribution in [3.63, 3.8) is 0 Å². The van der Waals surface area contributed by atoms with Crippen LogP contribution in [0.3, 0.4) is 0 Å². The molecule has 2 N–H and O–H groups in total. The number of nitrogens with one attached hydrogen (secondary N) is 2. The number of aromatic nitrogens is 2. The van der Waals surface area contributed by atoms with Crippen LogP contribution in [0.2, 0.25) is 0 Å². The van der Waals surface area contributed by atoms with Crippen molar-refractivity contribution in [1.29, 1.82) is 0 Å². The molecule has 9 nitrogen and oxygen atoms in total. The Hall–Kier alpha value is -2.29. The lowest BCUT2D eigenvalue weighted by molar-refractivity contribution is -0.150. The van der Waals surface area contributed by atoms with Crippen molar-refractivity contribution in [3.8, 4) is 0 Å². The van der Waals surface area contributed by atoms with Gasteiger partial charge in [-0.3, -0.25) is 14.3 Å². The van der Waals surface area contributed by atoms with Crippen molar-refractivity contribution in [3.05, 3.63) is 6.20 Å². The summed E-state index contributed by atoms with van der Waals surface area (Å²) >= 11 is 0. The Morgan fingerprint density at radius 1 is 0.557 bits per heavy atom. The molecule has 1 aromatic heterocycles. The average molecular weight is 860 g/mol. The second-order valence-corrected chi connectivity index (χ2v) is 18.3. The summed E-state index contributed by atoms with van der Waals surface area (Å²) in [6.07, 6.45) is 42.7. The molecule has 1 atom stereocenters. The first-order chi connectivity index (χ1) is 29.9. The lowest BCUT2D eigenvalue weighted by Gasteiger charge is -2.22. The summed E-state index contributed by atoms with van der Waals surface area (Å²) in [4.78, 5) is 28.1. The summed E-state index contributed by atoms with van der Waals surface area (Å²) in [7, 11) is 3.87. The zero-order valence-corrected chi connectivity index (χ0v) is 41.3. The van der Waals surface area contributed by atoms with Crippen LogP contribution in [0.25, 0.3) is 0 Å². The Balaban J connectivity index is 2.40. The number of hydrogen-bond donors (Lipinski definition) is 2. The first-order valence-corrected chi connectivity index (χ1v) is 26.4. The van der Waals surface area contributed by atoms with E-state index in [-0.39, 0.29) is 24.1 Å². The van der Waals surface area contributed by atoms with Gasteiger partial charge in [-0.15, -0.1) is 0 Å². The van der Waals surface area contributed by atoms with Gasteiger partial charge in [0.1, 0.15) is 12.2 Å². The van der Waals surface area contributed by atoms with Gasteiger partial charge in [0.05, 0.1) is 11.9 Å². The molecule has 0 saturated carbocycles. The highest BCUT2D eigenvalue weighted by molar-refractivity contribution is 5.69. The number of hydrogen-bond acceptors (Lipinski definition) is 8. The molecular weight excluding hydrogens is 759 g/mol. The molecule has 0 saturated heterocycles. The SMILES string of the molecule is CCCCCCCCC(CC)OC(=O)CCCCCCCN(CCCCCCCC(=O)OC(CCCCCCCC)CCCCCCCC)CCCNc1cn(C)nc1NC. The van der Waals surface area contributed by atoms with Crippen LogP contribution in [0, 0.1) is 0 Å². The molecule has 0 bridgehead atoms. The summed E-state index contributed by atoms with van der Waals surface area (Å²) < 4.78 is 13.8. The molecule has 1 heterocycles. The third-order valence-electron chi connectivity index (χ3n) is 12.4. The van der Waals surface area contributed by atoms with Crippen molar-refractivity contribution in [2.24, 2.45) is 7.05 Å². The second-order valence-electron chi connectivity index (χ2n) is 18.3. The fourth-order valence-electron chi connectivity index (χ4n) is 8.49. The molecular formula is C52H101N5O4. The molecule has 61 heavy (non-hydrogen) atoms. The minimum absolute atomic E-state index is 0.00285. The fraction of sp³-hybridized carbons (Fsp3) is 0.904. The summed E-state index contributed by atoms with van der Waals surface area (Å²) in [5.74, 6) is 0.913. The van der Waals surface area contributed by atoms with E-state index in [1.165, 1.54) is 154 Å². The number of nitrogens with zero attached hydrogens (tertiary/aromatic N) is 3. The van der Waals surface area contributed by atoms with Crippen LogP contribution in [0.15, 0.2) is 6.20 Å². The Labute approximate surface area is 377 Å². The standard InChI is InChI=1S/C52H101N5O4/c1-7-11-14-17-22-29-37-47(10-4)60-50(58)40-32-25-20-27-34-43-57(45-36-42-54-49-46-56(6)55-52(49)53-5)44-35-28-21-26-33-41-51(59)61-48(38-30-23-18-15-12-8-2)39-31-24-19-16-13-9-3/h46-48,54H,7-45H2,1-6H3,(H,53,55). The molecule has 0 amide bonds. The Morgan fingerprint density at radius 3 is 1.41 bits per heavy atom. The average Bonchev–Trinajstić information content (AvgIpc) is 3.63. The first-order valence-electron chi connectivity index (χ1n) is 26.4. The maximum Gasteiger partial charge on any atom is 0.306 e. The minimum atomic E-state index is -0.00285. The quantitative estimate of drug-likeness (QED) is 0.0494. The van der Waals surface area contributed by atoms with Gasteiger partial charge in [0.25, 0.3) is 0 Å². The van der Waals surface area contributed by atoms with E-state index in [9.17, 15) is 9.59 Å². The maximum atomic E-state index is 12.9. The van der Waals surface area contributed by atoms with Gasteiger partial charge in [-0.2, -0.15) is 5.10 Å².